The summed E-state index contributed by atoms with van der Waals surface area (Å²) >= 11 is 0. The highest BCUT2D eigenvalue weighted by Gasteiger charge is 2.46. The summed E-state index contributed by atoms with van der Waals surface area (Å²) in [5, 5.41) is 8.73. The number of hydrogen-bond donors (Lipinski definition) is 0. The summed E-state index contributed by atoms with van der Waals surface area (Å²) in [6, 6.07) is 67.4. The molecule has 49 heavy (non-hydrogen) atoms. The monoisotopic (exact) mass is 675 g/mol. The van der Waals surface area contributed by atoms with Gasteiger partial charge in [-0.3, -0.25) is 0 Å². The van der Waals surface area contributed by atoms with Crippen LogP contribution in [0, 0.1) is 0 Å². The highest BCUT2D eigenvalue weighted by molar-refractivity contribution is 7.96. The number of aromatic nitrogens is 2. The molecule has 7 aromatic rings. The molecule has 0 saturated heterocycles. The van der Waals surface area contributed by atoms with Crippen molar-refractivity contribution in [3.63, 3.8) is 0 Å². The Balaban J connectivity index is 1.10. The van der Waals surface area contributed by atoms with Crippen LogP contribution in [0.2, 0.25) is 0 Å². The Labute approximate surface area is 293 Å². The first kappa shape index (κ1) is 32.9. The van der Waals surface area contributed by atoms with Gasteiger partial charge < -0.3 is 0 Å². The van der Waals surface area contributed by atoms with Crippen LogP contribution in [0.15, 0.2) is 201 Å². The molecule has 4 heteroatoms. The van der Waals surface area contributed by atoms with Crippen LogP contribution in [0.1, 0.15) is 12.8 Å². The third-order valence-electron chi connectivity index (χ3n) is 9.75. The fraction of sp³-hybridized carbons (Fsp3) is 0.133. The lowest BCUT2D eigenvalue weighted by Gasteiger charge is -2.27. The van der Waals surface area contributed by atoms with Crippen molar-refractivity contribution in [2.45, 2.75) is 25.9 Å². The van der Waals surface area contributed by atoms with Crippen LogP contribution in [0.4, 0.5) is 0 Å². The molecule has 242 valence electrons. The lowest BCUT2D eigenvalue weighted by Crippen LogP contribution is -2.36. The molecule has 0 spiro atoms. The van der Waals surface area contributed by atoms with Crippen molar-refractivity contribution in [2.24, 2.45) is 0 Å². The van der Waals surface area contributed by atoms with E-state index in [-0.39, 0.29) is 0 Å². The molecule has 1 heterocycles. The number of imidazole rings is 1. The molecule has 6 aromatic carbocycles. The molecule has 2 nitrogen and oxygen atoms in total. The topological polar surface area (TPSA) is 8.81 Å². The zero-order valence-electron chi connectivity index (χ0n) is 28.1. The van der Waals surface area contributed by atoms with Crippen LogP contribution in [0.3, 0.4) is 0 Å². The number of aryl methyl sites for hydroxylation is 2. The molecule has 0 atom stereocenters. The normalized spacial score (nSPS) is 11.8. The van der Waals surface area contributed by atoms with Gasteiger partial charge in [-0.1, -0.05) is 109 Å². The van der Waals surface area contributed by atoms with Crippen molar-refractivity contribution in [3.8, 4) is 0 Å². The Bertz CT molecular complexity index is 1660. The SMILES string of the molecule is c1ccc([P+](CCCn2cc[n+](CCC[P+](c3ccccc3)(c3ccccc3)c3ccccc3)c2)(c2ccccc2)c2ccccc2)cc1. The summed E-state index contributed by atoms with van der Waals surface area (Å²) in [5.74, 6) is 0. The molecule has 0 unspecified atom stereocenters. The average molecular weight is 676 g/mol. The summed E-state index contributed by atoms with van der Waals surface area (Å²) < 4.78 is 4.79. The van der Waals surface area contributed by atoms with E-state index >= 15 is 0 Å². The van der Waals surface area contributed by atoms with Crippen LogP contribution >= 0.6 is 14.5 Å². The molecule has 0 aliphatic carbocycles. The Kier molecular flexibility index (Phi) is 10.6. The third-order valence-corrected chi connectivity index (χ3v) is 18.8. The first-order valence-electron chi connectivity index (χ1n) is 17.4. The minimum absolute atomic E-state index is 0.996. The highest BCUT2D eigenvalue weighted by atomic mass is 31.2. The van der Waals surface area contributed by atoms with E-state index in [9.17, 15) is 0 Å². The number of benzene rings is 6. The Morgan fingerprint density at radius 3 is 1.02 bits per heavy atom. The maximum absolute atomic E-state index is 2.39. The van der Waals surface area contributed by atoms with Gasteiger partial charge in [-0.05, 0) is 72.8 Å². The molecule has 0 saturated carbocycles. The predicted octanol–water partition coefficient (Wildman–Crippen LogP) is 7.54. The van der Waals surface area contributed by atoms with Gasteiger partial charge in [0.2, 0.25) is 6.33 Å². The molecule has 0 aliphatic heterocycles. The minimum atomic E-state index is -1.82. The van der Waals surface area contributed by atoms with E-state index in [0.717, 1.165) is 38.3 Å². The molecule has 0 amide bonds. The van der Waals surface area contributed by atoms with Crippen LogP contribution in [-0.4, -0.2) is 16.9 Å². The molecule has 0 N–H and O–H groups in total. The minimum Gasteiger partial charge on any atom is -0.237 e. The Morgan fingerprint density at radius 1 is 0.388 bits per heavy atom. The zero-order chi connectivity index (χ0) is 33.2. The molecular formula is C45H45N2P2+3. The summed E-state index contributed by atoms with van der Waals surface area (Å²) in [4.78, 5) is 0. The van der Waals surface area contributed by atoms with E-state index in [1.54, 1.807) is 0 Å². The smallest absolute Gasteiger partial charge is 0.237 e. The third kappa shape index (κ3) is 7.09. The first-order valence-corrected chi connectivity index (χ1v) is 21.4. The van der Waals surface area contributed by atoms with Crippen molar-refractivity contribution < 1.29 is 4.57 Å². The molecule has 0 bridgehead atoms. The first-order chi connectivity index (χ1) is 24.3. The maximum atomic E-state index is 2.39. The molecule has 1 aromatic heterocycles. The van der Waals surface area contributed by atoms with E-state index in [0.29, 0.717) is 0 Å². The summed E-state index contributed by atoms with van der Waals surface area (Å²) in [7, 11) is -3.65. The Morgan fingerprint density at radius 2 is 0.694 bits per heavy atom. The van der Waals surface area contributed by atoms with Crippen LogP contribution in [0.25, 0.3) is 0 Å². The molecule has 0 radical (unpaired) electrons. The fourth-order valence-electron chi connectivity index (χ4n) is 7.45. The lowest BCUT2D eigenvalue weighted by atomic mass is 10.3. The number of rotatable bonds is 14. The van der Waals surface area contributed by atoms with Gasteiger partial charge in [0.05, 0.1) is 25.4 Å². The molecular weight excluding hydrogens is 630 g/mol. The molecule has 7 rings (SSSR count). The second-order valence-corrected chi connectivity index (χ2v) is 19.9. The van der Waals surface area contributed by atoms with Crippen molar-refractivity contribution in [1.82, 2.24) is 4.57 Å². The lowest BCUT2D eigenvalue weighted by molar-refractivity contribution is -0.696. The van der Waals surface area contributed by atoms with Gasteiger partial charge in [0.25, 0.3) is 0 Å². The van der Waals surface area contributed by atoms with Crippen LogP contribution < -0.4 is 36.4 Å². The summed E-state index contributed by atoms with van der Waals surface area (Å²) in [6.45, 7) is 1.99. The van der Waals surface area contributed by atoms with Gasteiger partial charge in [-0.25, -0.2) is 9.13 Å². The van der Waals surface area contributed by atoms with Crippen molar-refractivity contribution in [3.05, 3.63) is 201 Å². The number of hydrogen-bond acceptors (Lipinski definition) is 0. The number of nitrogens with zero attached hydrogens (tertiary/aromatic N) is 2. The standard InChI is InChI=1S/C45H45N2P2/c1-7-21-40(22-8-1)48(41-23-9-2-10-24-41,42-25-11-3-12-26-42)37-19-33-46-35-36-47(39-46)34-20-38-49(43-27-13-4-14-28-43,44-29-15-5-16-30-44)45-31-17-6-18-32-45/h1-18,21-32,35-36,39H,19-20,33-34,37-38H2/q+3. The summed E-state index contributed by atoms with van der Waals surface area (Å²) in [5.41, 5.74) is 0. The van der Waals surface area contributed by atoms with E-state index in [4.69, 9.17) is 0 Å². The predicted molar refractivity (Wildman–Crippen MR) is 214 cm³/mol. The largest absolute Gasteiger partial charge is 0.243 e. The molecule has 0 fully saturated rings. The summed E-state index contributed by atoms with van der Waals surface area (Å²) in [6.07, 6.45) is 11.3. The second kappa shape index (κ2) is 15.7. The van der Waals surface area contributed by atoms with Gasteiger partial charge in [-0.2, -0.15) is 0 Å². The Hall–Kier alpha value is -4.61. The average Bonchev–Trinajstić information content (AvgIpc) is 3.65. The van der Waals surface area contributed by atoms with Gasteiger partial charge >= 0.3 is 0 Å². The maximum Gasteiger partial charge on any atom is 0.243 e. The van der Waals surface area contributed by atoms with Crippen molar-refractivity contribution in [1.29, 1.82) is 0 Å². The van der Waals surface area contributed by atoms with Gasteiger partial charge in [0.15, 0.2) is 0 Å². The van der Waals surface area contributed by atoms with Crippen molar-refractivity contribution in [2.75, 3.05) is 12.3 Å². The van der Waals surface area contributed by atoms with E-state index in [1.165, 1.54) is 31.8 Å². The zero-order valence-corrected chi connectivity index (χ0v) is 29.9. The van der Waals surface area contributed by atoms with E-state index in [1.807, 2.05) is 0 Å². The van der Waals surface area contributed by atoms with Crippen LogP contribution in [0.5, 0.6) is 0 Å². The van der Waals surface area contributed by atoms with Crippen molar-refractivity contribution >= 4 is 46.4 Å². The van der Waals surface area contributed by atoms with Gasteiger partial charge in [0.1, 0.15) is 58.7 Å². The van der Waals surface area contributed by atoms with Gasteiger partial charge in [-0.15, -0.1) is 0 Å². The molecule has 0 aliphatic rings. The fourth-order valence-corrected chi connectivity index (χ4v) is 16.1. The quantitative estimate of drug-likeness (QED) is 0.0833. The van der Waals surface area contributed by atoms with Gasteiger partial charge in [0, 0.05) is 12.8 Å². The second-order valence-electron chi connectivity index (χ2n) is 12.7. The van der Waals surface area contributed by atoms with E-state index in [2.05, 4.69) is 210 Å². The highest BCUT2D eigenvalue weighted by Crippen LogP contribution is 2.56. The van der Waals surface area contributed by atoms with E-state index < -0.39 is 14.5 Å². The van der Waals surface area contributed by atoms with Crippen LogP contribution in [-0.2, 0) is 13.1 Å².